The number of benzene rings is 2. The van der Waals surface area contributed by atoms with Crippen LogP contribution in [0.3, 0.4) is 0 Å². The highest BCUT2D eigenvalue weighted by Crippen LogP contribution is 2.29. The van der Waals surface area contributed by atoms with E-state index < -0.39 is 23.4 Å². The fourth-order valence-corrected chi connectivity index (χ4v) is 4.79. The number of aromatic nitrogens is 1. The summed E-state index contributed by atoms with van der Waals surface area (Å²) in [4.78, 5) is 29.3. The third-order valence-electron chi connectivity index (χ3n) is 6.81. The van der Waals surface area contributed by atoms with Crippen molar-refractivity contribution in [2.45, 2.75) is 77.0 Å². The molecule has 3 N–H and O–H groups in total. The Morgan fingerprint density at radius 2 is 1.66 bits per heavy atom. The molecule has 1 heterocycles. The topological polar surface area (TPSA) is 110 Å². The second-order valence-corrected chi connectivity index (χ2v) is 11.3. The normalized spacial score (nSPS) is 17.0. The van der Waals surface area contributed by atoms with Crippen LogP contribution in [-0.2, 0) is 11.2 Å². The molecule has 1 fully saturated rings. The molecule has 2 amide bonds. The van der Waals surface area contributed by atoms with Crippen molar-refractivity contribution in [1.82, 2.24) is 15.6 Å². The summed E-state index contributed by atoms with van der Waals surface area (Å²) >= 11 is 0. The van der Waals surface area contributed by atoms with Crippen LogP contribution < -0.4 is 15.4 Å². The summed E-state index contributed by atoms with van der Waals surface area (Å²) < 4.78 is 25.5. The Hall–Kier alpha value is -3.98. The van der Waals surface area contributed by atoms with Gasteiger partial charge in [-0.2, -0.15) is 0 Å². The van der Waals surface area contributed by atoms with E-state index in [1.54, 1.807) is 6.07 Å². The molecule has 1 aliphatic carbocycles. The average molecular weight is 564 g/mol. The molecule has 9 heteroatoms. The van der Waals surface area contributed by atoms with Crippen molar-refractivity contribution in [1.29, 1.82) is 0 Å². The average Bonchev–Trinajstić information content (AvgIpc) is 2.93. The quantitative estimate of drug-likeness (QED) is 0.287. The van der Waals surface area contributed by atoms with Crippen LogP contribution in [0.5, 0.6) is 11.6 Å². The predicted molar refractivity (Wildman–Crippen MR) is 154 cm³/mol. The first-order chi connectivity index (χ1) is 19.6. The standard InChI is InChI=1S/C32H38FN3O5/c1-32(2,3)41-31(39)36-26-15-13-25(14-16-26)35-29(38)28-19-24(33)20-34-30(28)40-27-8-4-7-23(18-27)22-11-9-21(10-12-22)6-5-17-37/h4,7-12,18-20,25-26,37H,5-6,13-17H2,1-3H3,(H,35,38)(H,36,39). The van der Waals surface area contributed by atoms with Gasteiger partial charge in [-0.15, -0.1) is 0 Å². The minimum Gasteiger partial charge on any atom is -0.444 e. The summed E-state index contributed by atoms with van der Waals surface area (Å²) in [6.45, 7) is 5.60. The van der Waals surface area contributed by atoms with E-state index in [9.17, 15) is 14.0 Å². The minimum atomic E-state index is -0.636. The molecule has 4 rings (SSSR count). The Morgan fingerprint density at radius 3 is 2.32 bits per heavy atom. The lowest BCUT2D eigenvalue weighted by Crippen LogP contribution is -2.45. The van der Waals surface area contributed by atoms with E-state index in [0.717, 1.165) is 41.8 Å². The number of carbonyl (C=O) groups is 2. The van der Waals surface area contributed by atoms with Gasteiger partial charge in [-0.1, -0.05) is 36.4 Å². The molecule has 218 valence electrons. The molecular formula is C32H38FN3O5. The number of pyridine rings is 1. The first-order valence-electron chi connectivity index (χ1n) is 14.0. The Morgan fingerprint density at radius 1 is 0.976 bits per heavy atom. The Kier molecular flexibility index (Phi) is 9.94. The fourth-order valence-electron chi connectivity index (χ4n) is 4.79. The van der Waals surface area contributed by atoms with E-state index in [1.165, 1.54) is 0 Å². The zero-order chi connectivity index (χ0) is 29.4. The first-order valence-corrected chi connectivity index (χ1v) is 14.0. The highest BCUT2D eigenvalue weighted by atomic mass is 19.1. The number of aryl methyl sites for hydroxylation is 1. The number of nitrogens with zero attached hydrogens (tertiary/aromatic N) is 1. The lowest BCUT2D eigenvalue weighted by atomic mass is 9.91. The zero-order valence-electron chi connectivity index (χ0n) is 23.8. The molecule has 0 atom stereocenters. The van der Waals surface area contributed by atoms with Crippen molar-refractivity contribution in [3.8, 4) is 22.8 Å². The monoisotopic (exact) mass is 563 g/mol. The number of aliphatic hydroxyl groups is 1. The van der Waals surface area contributed by atoms with Crippen LogP contribution in [0.1, 0.15) is 68.8 Å². The largest absolute Gasteiger partial charge is 0.444 e. The van der Waals surface area contributed by atoms with E-state index >= 15 is 0 Å². The summed E-state index contributed by atoms with van der Waals surface area (Å²) in [5.74, 6) is -0.623. The molecule has 0 bridgehead atoms. The third kappa shape index (κ3) is 9.01. The van der Waals surface area contributed by atoms with Gasteiger partial charge in [0.25, 0.3) is 5.91 Å². The molecule has 0 aliphatic heterocycles. The lowest BCUT2D eigenvalue weighted by molar-refractivity contribution is 0.0487. The smallest absolute Gasteiger partial charge is 0.407 e. The van der Waals surface area contributed by atoms with Crippen molar-refractivity contribution in [3.05, 3.63) is 77.7 Å². The van der Waals surface area contributed by atoms with Crippen molar-refractivity contribution in [2.75, 3.05) is 6.61 Å². The van der Waals surface area contributed by atoms with Crippen LogP contribution in [0.25, 0.3) is 11.1 Å². The van der Waals surface area contributed by atoms with Gasteiger partial charge in [0.1, 0.15) is 22.7 Å². The molecule has 1 aromatic heterocycles. The first kappa shape index (κ1) is 30.0. The van der Waals surface area contributed by atoms with Crippen molar-refractivity contribution < 1.29 is 28.6 Å². The third-order valence-corrected chi connectivity index (χ3v) is 6.81. The molecule has 0 saturated heterocycles. The highest BCUT2D eigenvalue weighted by molar-refractivity contribution is 5.96. The summed E-state index contributed by atoms with van der Waals surface area (Å²) in [6.07, 6.45) is 4.79. The van der Waals surface area contributed by atoms with Gasteiger partial charge >= 0.3 is 6.09 Å². The van der Waals surface area contributed by atoms with E-state index in [-0.39, 0.29) is 30.1 Å². The summed E-state index contributed by atoms with van der Waals surface area (Å²) in [5, 5.41) is 14.9. The maximum absolute atomic E-state index is 14.1. The summed E-state index contributed by atoms with van der Waals surface area (Å²) in [6, 6.07) is 16.5. The minimum absolute atomic E-state index is 0.0117. The van der Waals surface area contributed by atoms with Gasteiger partial charge in [-0.05, 0) is 94.2 Å². The number of rotatable bonds is 9. The van der Waals surface area contributed by atoms with E-state index in [4.69, 9.17) is 14.6 Å². The Bertz CT molecular complexity index is 1330. The van der Waals surface area contributed by atoms with E-state index in [0.29, 0.717) is 31.4 Å². The summed E-state index contributed by atoms with van der Waals surface area (Å²) in [5.41, 5.74) is 2.50. The number of aliphatic hydroxyl groups excluding tert-OH is 1. The molecule has 1 aliphatic rings. The van der Waals surface area contributed by atoms with Gasteiger partial charge < -0.3 is 25.2 Å². The maximum Gasteiger partial charge on any atom is 0.407 e. The van der Waals surface area contributed by atoms with Crippen LogP contribution in [0.2, 0.25) is 0 Å². The molecule has 2 aromatic carbocycles. The number of ether oxygens (including phenoxy) is 2. The summed E-state index contributed by atoms with van der Waals surface area (Å²) in [7, 11) is 0. The van der Waals surface area contributed by atoms with Gasteiger partial charge in [0.05, 0.1) is 6.20 Å². The van der Waals surface area contributed by atoms with Gasteiger partial charge in [0.15, 0.2) is 0 Å². The molecule has 8 nitrogen and oxygen atoms in total. The van der Waals surface area contributed by atoms with Gasteiger partial charge in [-0.3, -0.25) is 4.79 Å². The Labute approximate surface area is 240 Å². The number of carbonyl (C=O) groups excluding carboxylic acids is 2. The number of hydrogen-bond acceptors (Lipinski definition) is 6. The molecular weight excluding hydrogens is 525 g/mol. The van der Waals surface area contributed by atoms with Gasteiger partial charge in [0, 0.05) is 18.7 Å². The maximum atomic E-state index is 14.1. The highest BCUT2D eigenvalue weighted by Gasteiger charge is 2.27. The second kappa shape index (κ2) is 13.6. The second-order valence-electron chi connectivity index (χ2n) is 11.3. The van der Waals surface area contributed by atoms with Gasteiger partial charge in [0.2, 0.25) is 5.88 Å². The molecule has 3 aromatic rings. The molecule has 0 spiro atoms. The number of hydrogen-bond donors (Lipinski definition) is 3. The van der Waals surface area contributed by atoms with Crippen molar-refractivity contribution in [3.63, 3.8) is 0 Å². The van der Waals surface area contributed by atoms with E-state index in [2.05, 4.69) is 15.6 Å². The fraction of sp³-hybridized carbons (Fsp3) is 0.406. The number of amides is 2. The van der Waals surface area contributed by atoms with Crippen LogP contribution in [0, 0.1) is 5.82 Å². The van der Waals surface area contributed by atoms with Crippen LogP contribution >= 0.6 is 0 Å². The SMILES string of the molecule is CC(C)(C)OC(=O)NC1CCC(NC(=O)c2cc(F)cnc2Oc2cccc(-c3ccc(CCCO)cc3)c2)CC1. The van der Waals surface area contributed by atoms with Gasteiger partial charge in [-0.25, -0.2) is 14.2 Å². The molecule has 41 heavy (non-hydrogen) atoms. The number of alkyl carbamates (subject to hydrolysis) is 1. The van der Waals surface area contributed by atoms with Crippen molar-refractivity contribution >= 4 is 12.0 Å². The van der Waals surface area contributed by atoms with E-state index in [1.807, 2.05) is 63.2 Å². The Balaban J connectivity index is 1.38. The lowest BCUT2D eigenvalue weighted by Gasteiger charge is -2.30. The molecule has 1 saturated carbocycles. The molecule has 0 radical (unpaired) electrons. The number of halogens is 1. The van der Waals surface area contributed by atoms with Crippen LogP contribution in [0.15, 0.2) is 60.8 Å². The number of nitrogens with one attached hydrogen (secondary N) is 2. The molecule has 0 unspecified atom stereocenters. The van der Waals surface area contributed by atoms with Crippen LogP contribution in [0.4, 0.5) is 9.18 Å². The van der Waals surface area contributed by atoms with Crippen LogP contribution in [-0.4, -0.2) is 46.4 Å². The zero-order valence-corrected chi connectivity index (χ0v) is 23.8. The van der Waals surface area contributed by atoms with Crippen molar-refractivity contribution in [2.24, 2.45) is 0 Å². The predicted octanol–water partition coefficient (Wildman–Crippen LogP) is 6.17.